The van der Waals surface area contributed by atoms with Crippen LogP contribution in [0.2, 0.25) is 0 Å². The maximum absolute atomic E-state index is 3.06. The van der Waals surface area contributed by atoms with Crippen molar-refractivity contribution in [1.82, 2.24) is 0 Å². The van der Waals surface area contributed by atoms with E-state index in [4.69, 9.17) is 0 Å². The molecule has 0 saturated heterocycles. The van der Waals surface area contributed by atoms with Crippen LogP contribution in [0.5, 0.6) is 0 Å². The molecule has 0 atom stereocenters. The number of aryl methyl sites for hydroxylation is 1. The number of rotatable bonds is 4. The van der Waals surface area contributed by atoms with Crippen LogP contribution in [0.1, 0.15) is 83.6 Å². The molecule has 0 aliphatic heterocycles. The fourth-order valence-corrected chi connectivity index (χ4v) is 7.48. The summed E-state index contributed by atoms with van der Waals surface area (Å²) < 4.78 is 0. The minimum atomic E-state index is 0. The summed E-state index contributed by atoms with van der Waals surface area (Å²) in [7, 11) is 0. The van der Waals surface area contributed by atoms with Gasteiger partial charge in [0.05, 0.1) is 0 Å². The summed E-state index contributed by atoms with van der Waals surface area (Å²) in [6.45, 7) is 23.4. The minimum absolute atomic E-state index is 0. The summed E-state index contributed by atoms with van der Waals surface area (Å²) in [5.41, 5.74) is 13.6. The van der Waals surface area contributed by atoms with Crippen molar-refractivity contribution in [2.24, 2.45) is 0 Å². The summed E-state index contributed by atoms with van der Waals surface area (Å²) in [5.74, 6) is 0.563. The van der Waals surface area contributed by atoms with E-state index in [1.165, 1.54) is 111 Å². The van der Waals surface area contributed by atoms with Crippen LogP contribution in [0.3, 0.4) is 0 Å². The number of halogens is 2. The first-order chi connectivity index (χ1) is 25.8. The summed E-state index contributed by atoms with van der Waals surface area (Å²) in [4.78, 5) is 0. The predicted molar refractivity (Wildman–Crippen MR) is 262 cm³/mol. The Kier molecular flexibility index (Phi) is 18.4. The molecule has 0 N–H and O–H groups in total. The van der Waals surface area contributed by atoms with Crippen molar-refractivity contribution in [3.63, 3.8) is 0 Å². The maximum atomic E-state index is 3.06. The van der Waals surface area contributed by atoms with Crippen molar-refractivity contribution in [3.05, 3.63) is 183 Å². The number of hydrogen-bond donors (Lipinski definition) is 0. The number of benzene rings is 6. The molecule has 8 aromatic rings. The topological polar surface area (TPSA) is 0 Å². The molecule has 8 rings (SSSR count). The van der Waals surface area contributed by atoms with Crippen LogP contribution in [0, 0.1) is 21.8 Å². The Morgan fingerprint density at radius 3 is 1.55 bits per heavy atom. The quantitative estimate of drug-likeness (QED) is 0.122. The average Bonchev–Trinajstić information content (AvgIpc) is 3.78. The second-order valence-corrected chi connectivity index (χ2v) is 17.0. The van der Waals surface area contributed by atoms with E-state index in [1.54, 1.807) is 0 Å². The van der Waals surface area contributed by atoms with E-state index in [9.17, 15) is 0 Å². The van der Waals surface area contributed by atoms with Crippen molar-refractivity contribution in [3.8, 4) is 33.4 Å². The van der Waals surface area contributed by atoms with Gasteiger partial charge < -0.3 is 14.9 Å². The van der Waals surface area contributed by atoms with Crippen molar-refractivity contribution in [2.75, 3.05) is 0 Å². The zero-order chi connectivity index (χ0) is 38.8. The van der Waals surface area contributed by atoms with Gasteiger partial charge in [-0.15, -0.1) is 87.8 Å². The molecule has 0 bridgehead atoms. The van der Waals surface area contributed by atoms with Gasteiger partial charge in [-0.25, -0.2) is 0 Å². The predicted octanol–water partition coefficient (Wildman–Crippen LogP) is 16.7. The summed E-state index contributed by atoms with van der Waals surface area (Å²) in [5, 5.41) is 7.99. The normalized spacial score (nSPS) is 10.9. The first-order valence-corrected chi connectivity index (χ1v) is 23.3. The number of hydrogen-bond acceptors (Lipinski definition) is 0. The van der Waals surface area contributed by atoms with E-state index >= 15 is 0 Å². The van der Waals surface area contributed by atoms with Gasteiger partial charge in [-0.2, -0.15) is 12.1 Å². The van der Waals surface area contributed by atoms with E-state index in [0.29, 0.717) is 5.92 Å². The van der Waals surface area contributed by atoms with Crippen molar-refractivity contribution >= 4 is 64.0 Å². The van der Waals surface area contributed by atoms with Crippen molar-refractivity contribution < 1.29 is 23.3 Å². The summed E-state index contributed by atoms with van der Waals surface area (Å²) in [6.07, 6.45) is 0. The molecule has 0 aliphatic rings. The molecule has 2 radical (unpaired) electrons. The molecule has 0 fully saturated rings. The molecule has 302 valence electrons. The van der Waals surface area contributed by atoms with Gasteiger partial charge in [-0.1, -0.05) is 182 Å². The second kappa shape index (κ2) is 21.1. The van der Waals surface area contributed by atoms with Gasteiger partial charge in [0.15, 0.2) is 0 Å². The van der Waals surface area contributed by atoms with Crippen LogP contribution in [0.25, 0.3) is 65.7 Å². The Bertz CT molecular complexity index is 2520. The zero-order valence-corrected chi connectivity index (χ0v) is 41.3. The second-order valence-electron chi connectivity index (χ2n) is 17.0. The zero-order valence-electron chi connectivity index (χ0n) is 36.3. The van der Waals surface area contributed by atoms with Gasteiger partial charge in [0.2, 0.25) is 0 Å². The summed E-state index contributed by atoms with van der Waals surface area (Å²) in [6, 6.07) is 54.0. The van der Waals surface area contributed by atoms with Crippen LogP contribution in [-0.2, 0) is 34.2 Å². The van der Waals surface area contributed by atoms with Gasteiger partial charge in [-0.05, 0) is 55.3 Å². The molecule has 0 nitrogen and oxygen atoms in total. The van der Waals surface area contributed by atoms with Crippen LogP contribution in [0.4, 0.5) is 0 Å². The third-order valence-electron chi connectivity index (χ3n) is 10.6. The molecular formula is C54H60Cl2SiZr-4. The van der Waals surface area contributed by atoms with Crippen molar-refractivity contribution in [2.45, 2.75) is 79.1 Å². The van der Waals surface area contributed by atoms with Crippen LogP contribution >= 0.6 is 24.8 Å². The van der Waals surface area contributed by atoms with Crippen LogP contribution in [-0.4, -0.2) is 6.88 Å². The first kappa shape index (κ1) is 50.6. The average molecular weight is 899 g/mol. The van der Waals surface area contributed by atoms with Gasteiger partial charge in [0.25, 0.3) is 0 Å². The monoisotopic (exact) mass is 896 g/mol. The van der Waals surface area contributed by atoms with Crippen LogP contribution < -0.4 is 0 Å². The fourth-order valence-electron chi connectivity index (χ4n) is 7.48. The summed E-state index contributed by atoms with van der Waals surface area (Å²) >= 11 is 1.36. The van der Waals surface area contributed by atoms with Gasteiger partial charge in [-0.3, -0.25) is 0 Å². The van der Waals surface area contributed by atoms with E-state index in [1.807, 2.05) is 0 Å². The van der Waals surface area contributed by atoms with E-state index in [0.717, 1.165) is 0 Å². The Labute approximate surface area is 379 Å². The fraction of sp³-hybridized carbons (Fsp3) is 0.222. The third-order valence-corrected chi connectivity index (χ3v) is 10.6. The standard InChI is InChI=1S/C30H33.C22H19.2CH3.2ClH.Si.Zr/c1-20-16-24-18-23(21-8-12-25(13-9-21)29(2,3)4)19-28(27(24)17-20)22-10-14-26(15-11-22)30(5,6)7;1-15(2)18-13-17-9-6-12-21(22(17)14-18)20-11-5-8-16-7-3-4-10-19(16)20;;;;;;/h8-19H,1-7H3;3-15H,1-2H3;2*1H3;2*1H;;/q4*-1;;;;. The number of fused-ring (bicyclic) bond motifs is 3. The van der Waals surface area contributed by atoms with E-state index in [2.05, 4.69) is 215 Å². The Morgan fingerprint density at radius 2 is 0.983 bits per heavy atom. The Morgan fingerprint density at radius 1 is 0.483 bits per heavy atom. The molecule has 0 aromatic heterocycles. The third kappa shape index (κ3) is 11.2. The molecule has 8 aromatic carbocycles. The molecule has 0 saturated carbocycles. The van der Waals surface area contributed by atoms with E-state index in [-0.39, 0.29) is 50.5 Å². The molecule has 0 amide bonds. The van der Waals surface area contributed by atoms with Crippen LogP contribution in [0.15, 0.2) is 146 Å². The van der Waals surface area contributed by atoms with Gasteiger partial charge in [0, 0.05) is 0 Å². The Hall–Kier alpha value is -3.52. The van der Waals surface area contributed by atoms with Gasteiger partial charge in [0.1, 0.15) is 0 Å². The van der Waals surface area contributed by atoms with E-state index < -0.39 is 0 Å². The first-order valence-electron chi connectivity index (χ1n) is 19.1. The molecule has 4 heteroatoms. The molecule has 0 unspecified atom stereocenters. The molecule has 0 heterocycles. The molecular weight excluding hydrogens is 839 g/mol. The van der Waals surface area contributed by atoms with Gasteiger partial charge >= 0.3 is 30.2 Å². The SMILES string of the molecule is CC(C)c1cc2c(-c3cccc4ccccc34)cccc2[cH-]1.Cc1cc2c(-c3ccc(C(C)(C)C)cc3)cc(-c3ccc(C(C)(C)C)cc3)cc2[cH-]1.Cl.Cl.[CH3-].[CH3-].[Si]=[Zr]. The molecule has 0 aliphatic carbocycles. The Balaban J connectivity index is 0.000000372. The molecule has 58 heavy (non-hydrogen) atoms. The molecule has 0 spiro atoms. The van der Waals surface area contributed by atoms with Crippen molar-refractivity contribution in [1.29, 1.82) is 0 Å².